The van der Waals surface area contributed by atoms with Gasteiger partial charge in [0, 0.05) is 19.6 Å². The Morgan fingerprint density at radius 1 is 1.33 bits per heavy atom. The minimum absolute atomic E-state index is 0.0349. The minimum Gasteiger partial charge on any atom is -0.369 e. The number of carbonyl (C=O) groups excluding carboxylic acids is 2. The number of likely N-dealkylation sites (N-methyl/N-ethyl adjacent to an activating group) is 1. The van der Waals surface area contributed by atoms with Crippen LogP contribution in [0.5, 0.6) is 0 Å². The maximum atomic E-state index is 12.2. The molecule has 6 heteroatoms. The molecule has 6 nitrogen and oxygen atoms in total. The van der Waals surface area contributed by atoms with Gasteiger partial charge in [0.25, 0.3) is 0 Å². The summed E-state index contributed by atoms with van der Waals surface area (Å²) >= 11 is 0. The first kappa shape index (κ1) is 15.5. The highest BCUT2D eigenvalue weighted by atomic mass is 16.5. The van der Waals surface area contributed by atoms with Gasteiger partial charge in [0.1, 0.15) is 12.6 Å². The van der Waals surface area contributed by atoms with Gasteiger partial charge in [-0.05, 0) is 12.6 Å². The quantitative estimate of drug-likeness (QED) is 0.709. The van der Waals surface area contributed by atoms with Gasteiger partial charge in [-0.25, -0.2) is 0 Å². The number of nitrogens with zero attached hydrogens (tertiary/aromatic N) is 1. The van der Waals surface area contributed by atoms with Gasteiger partial charge in [0.15, 0.2) is 0 Å². The van der Waals surface area contributed by atoms with E-state index in [4.69, 9.17) is 4.74 Å². The Morgan fingerprint density at radius 2 is 2.10 bits per heavy atom. The molecule has 21 heavy (non-hydrogen) atoms. The highest BCUT2D eigenvalue weighted by Gasteiger charge is 2.33. The van der Waals surface area contributed by atoms with Crippen LogP contribution in [0, 0.1) is 0 Å². The van der Waals surface area contributed by atoms with Crippen molar-refractivity contribution in [3.8, 4) is 0 Å². The second-order valence-corrected chi connectivity index (χ2v) is 4.93. The van der Waals surface area contributed by atoms with E-state index in [9.17, 15) is 9.59 Å². The van der Waals surface area contributed by atoms with E-state index in [2.05, 4.69) is 10.6 Å². The van der Waals surface area contributed by atoms with Crippen LogP contribution in [0.15, 0.2) is 30.3 Å². The van der Waals surface area contributed by atoms with Crippen LogP contribution in [0.25, 0.3) is 0 Å². The number of hydrogen-bond acceptors (Lipinski definition) is 4. The lowest BCUT2D eigenvalue weighted by molar-refractivity contribution is -0.155. The van der Waals surface area contributed by atoms with Crippen LogP contribution >= 0.6 is 0 Å². The van der Waals surface area contributed by atoms with E-state index < -0.39 is 6.04 Å². The zero-order valence-corrected chi connectivity index (χ0v) is 12.2. The SMILES string of the molecule is CNCCNC(=O)[C@H]1COCC(=O)N1Cc1ccccc1. The number of hydrogen-bond donors (Lipinski definition) is 2. The van der Waals surface area contributed by atoms with Crippen LogP contribution in [-0.2, 0) is 20.9 Å². The van der Waals surface area contributed by atoms with E-state index in [-0.39, 0.29) is 25.0 Å². The van der Waals surface area contributed by atoms with Crippen LogP contribution < -0.4 is 10.6 Å². The van der Waals surface area contributed by atoms with Crippen molar-refractivity contribution < 1.29 is 14.3 Å². The maximum absolute atomic E-state index is 12.2. The van der Waals surface area contributed by atoms with Gasteiger partial charge in [0.05, 0.1) is 6.61 Å². The number of benzene rings is 1. The van der Waals surface area contributed by atoms with Crippen LogP contribution in [0.3, 0.4) is 0 Å². The summed E-state index contributed by atoms with van der Waals surface area (Å²) in [5, 5.41) is 5.77. The first-order valence-corrected chi connectivity index (χ1v) is 7.06. The highest BCUT2D eigenvalue weighted by Crippen LogP contribution is 2.13. The fourth-order valence-corrected chi connectivity index (χ4v) is 2.23. The summed E-state index contributed by atoms with van der Waals surface area (Å²) < 4.78 is 5.22. The molecule has 0 unspecified atom stereocenters. The van der Waals surface area contributed by atoms with Crippen LogP contribution in [-0.4, -0.2) is 56.1 Å². The fourth-order valence-electron chi connectivity index (χ4n) is 2.23. The van der Waals surface area contributed by atoms with Crippen LogP contribution in [0.2, 0.25) is 0 Å². The van der Waals surface area contributed by atoms with Crippen molar-refractivity contribution in [3.63, 3.8) is 0 Å². The second kappa shape index (κ2) is 7.75. The number of morpholine rings is 1. The monoisotopic (exact) mass is 291 g/mol. The average molecular weight is 291 g/mol. The third-order valence-corrected chi connectivity index (χ3v) is 3.37. The molecule has 2 N–H and O–H groups in total. The molecule has 1 aromatic carbocycles. The molecule has 1 aliphatic rings. The molecule has 1 heterocycles. The predicted molar refractivity (Wildman–Crippen MR) is 78.5 cm³/mol. The normalized spacial score (nSPS) is 18.6. The molecule has 0 spiro atoms. The minimum atomic E-state index is -0.566. The van der Waals surface area contributed by atoms with E-state index in [1.54, 1.807) is 4.90 Å². The van der Waals surface area contributed by atoms with Crippen molar-refractivity contribution in [2.24, 2.45) is 0 Å². The first-order chi connectivity index (χ1) is 10.2. The van der Waals surface area contributed by atoms with E-state index in [0.717, 1.165) is 5.56 Å². The van der Waals surface area contributed by atoms with Gasteiger partial charge >= 0.3 is 0 Å². The first-order valence-electron chi connectivity index (χ1n) is 7.06. The zero-order valence-electron chi connectivity index (χ0n) is 12.2. The Labute approximate surface area is 124 Å². The van der Waals surface area contributed by atoms with Crippen molar-refractivity contribution in [2.45, 2.75) is 12.6 Å². The number of amides is 2. The molecule has 1 atom stereocenters. The summed E-state index contributed by atoms with van der Waals surface area (Å²) in [4.78, 5) is 25.8. The van der Waals surface area contributed by atoms with Gasteiger partial charge in [-0.15, -0.1) is 0 Å². The predicted octanol–water partition coefficient (Wildman–Crippen LogP) is -0.250. The van der Waals surface area contributed by atoms with Crippen molar-refractivity contribution in [1.82, 2.24) is 15.5 Å². The summed E-state index contributed by atoms with van der Waals surface area (Å²) in [5.41, 5.74) is 1.00. The Hall–Kier alpha value is -1.92. The fraction of sp³-hybridized carbons (Fsp3) is 0.467. The van der Waals surface area contributed by atoms with Crippen molar-refractivity contribution >= 4 is 11.8 Å². The van der Waals surface area contributed by atoms with Crippen LogP contribution in [0.4, 0.5) is 0 Å². The van der Waals surface area contributed by atoms with E-state index in [1.165, 1.54) is 0 Å². The summed E-state index contributed by atoms with van der Waals surface area (Å²) in [5.74, 6) is -0.326. The van der Waals surface area contributed by atoms with Crippen molar-refractivity contribution in [3.05, 3.63) is 35.9 Å². The van der Waals surface area contributed by atoms with Gasteiger partial charge in [-0.2, -0.15) is 0 Å². The van der Waals surface area contributed by atoms with Crippen molar-refractivity contribution in [1.29, 1.82) is 0 Å². The van der Waals surface area contributed by atoms with Gasteiger partial charge in [-0.3, -0.25) is 9.59 Å². The van der Waals surface area contributed by atoms with Crippen LogP contribution in [0.1, 0.15) is 5.56 Å². The summed E-state index contributed by atoms with van der Waals surface area (Å²) in [7, 11) is 1.82. The summed E-state index contributed by atoms with van der Waals surface area (Å²) in [6, 6.07) is 9.08. The molecule has 0 bridgehead atoms. The molecule has 2 amide bonds. The lowest BCUT2D eigenvalue weighted by Crippen LogP contribution is -2.56. The molecule has 1 saturated heterocycles. The smallest absolute Gasteiger partial charge is 0.249 e. The number of ether oxygens (including phenoxy) is 1. The third kappa shape index (κ3) is 4.27. The van der Waals surface area contributed by atoms with E-state index in [1.807, 2.05) is 37.4 Å². The summed E-state index contributed by atoms with van der Waals surface area (Å²) in [6.07, 6.45) is 0. The number of nitrogens with one attached hydrogen (secondary N) is 2. The second-order valence-electron chi connectivity index (χ2n) is 4.93. The Bertz CT molecular complexity index is 478. The molecule has 0 saturated carbocycles. The Balaban J connectivity index is 2.02. The Morgan fingerprint density at radius 3 is 2.81 bits per heavy atom. The molecule has 0 aliphatic carbocycles. The molecule has 1 fully saturated rings. The molecular weight excluding hydrogens is 270 g/mol. The highest BCUT2D eigenvalue weighted by molar-refractivity contribution is 5.89. The lowest BCUT2D eigenvalue weighted by Gasteiger charge is -2.34. The molecule has 2 rings (SSSR count). The molecule has 0 radical (unpaired) electrons. The van der Waals surface area contributed by atoms with Gasteiger partial charge < -0.3 is 20.3 Å². The van der Waals surface area contributed by atoms with Gasteiger partial charge in [0.2, 0.25) is 11.8 Å². The number of carbonyl (C=O) groups is 2. The molecular formula is C15H21N3O3. The third-order valence-electron chi connectivity index (χ3n) is 3.37. The lowest BCUT2D eigenvalue weighted by atomic mass is 10.1. The van der Waals surface area contributed by atoms with Gasteiger partial charge in [-0.1, -0.05) is 30.3 Å². The zero-order chi connectivity index (χ0) is 15.1. The Kier molecular flexibility index (Phi) is 5.71. The largest absolute Gasteiger partial charge is 0.369 e. The maximum Gasteiger partial charge on any atom is 0.249 e. The topological polar surface area (TPSA) is 70.7 Å². The standard InChI is InChI=1S/C15H21N3O3/c1-16-7-8-17-15(20)13-10-21-11-14(19)18(13)9-12-5-3-2-4-6-12/h2-6,13,16H,7-11H2,1H3,(H,17,20)/t13-/m1/s1. The summed E-state index contributed by atoms with van der Waals surface area (Å²) in [6.45, 7) is 1.91. The molecule has 1 aromatic rings. The molecule has 114 valence electrons. The molecule has 1 aliphatic heterocycles. The average Bonchev–Trinajstić information content (AvgIpc) is 2.50. The number of rotatable bonds is 6. The van der Waals surface area contributed by atoms with E-state index in [0.29, 0.717) is 19.6 Å². The van der Waals surface area contributed by atoms with Crippen molar-refractivity contribution in [2.75, 3.05) is 33.4 Å². The molecule has 0 aromatic heterocycles. The van der Waals surface area contributed by atoms with E-state index >= 15 is 0 Å².